The van der Waals surface area contributed by atoms with Crippen LogP contribution < -0.4 is 11.1 Å². The second kappa shape index (κ2) is 6.28. The molecule has 9 nitrogen and oxygen atoms in total. The van der Waals surface area contributed by atoms with E-state index in [9.17, 15) is 9.59 Å². The van der Waals surface area contributed by atoms with Gasteiger partial charge in [0.25, 0.3) is 0 Å². The molecule has 0 aliphatic rings. The van der Waals surface area contributed by atoms with Crippen LogP contribution in [0, 0.1) is 6.92 Å². The lowest BCUT2D eigenvalue weighted by molar-refractivity contribution is -0.116. The number of nitrogens with zero attached hydrogens (tertiary/aromatic N) is 5. The monoisotopic (exact) mass is 350 g/mol. The third-order valence-corrected chi connectivity index (χ3v) is 3.98. The summed E-state index contributed by atoms with van der Waals surface area (Å²) in [5, 5.41) is 13.8. The van der Waals surface area contributed by atoms with Crippen molar-refractivity contribution >= 4 is 22.7 Å². The smallest absolute Gasteiger partial charge is 0.408 e. The molecular formula is C17H14N6O3. The fourth-order valence-electron chi connectivity index (χ4n) is 2.66. The fraction of sp³-hybridized carbons (Fsp3) is 0.118. The molecular weight excluding hydrogens is 336 g/mol. The van der Waals surface area contributed by atoms with Gasteiger partial charge >= 0.3 is 5.76 Å². The first-order valence-electron chi connectivity index (χ1n) is 7.84. The minimum absolute atomic E-state index is 0.148. The van der Waals surface area contributed by atoms with Gasteiger partial charge in [0.05, 0.1) is 11.2 Å². The summed E-state index contributed by atoms with van der Waals surface area (Å²) in [6.45, 7) is 1.72. The minimum Gasteiger partial charge on any atom is -0.408 e. The first-order chi connectivity index (χ1) is 12.6. The number of oxazole rings is 1. The number of carbonyl (C=O) groups is 1. The van der Waals surface area contributed by atoms with Gasteiger partial charge in [-0.05, 0) is 47.2 Å². The van der Waals surface area contributed by atoms with Crippen LogP contribution in [0.1, 0.15) is 5.56 Å². The average molecular weight is 350 g/mol. The molecule has 0 fully saturated rings. The molecule has 26 heavy (non-hydrogen) atoms. The maximum absolute atomic E-state index is 12.5. The van der Waals surface area contributed by atoms with Gasteiger partial charge < -0.3 is 9.73 Å². The predicted octanol–water partition coefficient (Wildman–Crippen LogP) is 1.52. The summed E-state index contributed by atoms with van der Waals surface area (Å²) < 4.78 is 7.93. The molecule has 130 valence electrons. The van der Waals surface area contributed by atoms with Gasteiger partial charge in [-0.15, -0.1) is 5.10 Å². The van der Waals surface area contributed by atoms with Crippen molar-refractivity contribution in [1.82, 2.24) is 24.8 Å². The number of carbonyl (C=O) groups excluding carboxylic acids is 1. The van der Waals surface area contributed by atoms with Crippen LogP contribution >= 0.6 is 0 Å². The van der Waals surface area contributed by atoms with Crippen molar-refractivity contribution in [2.24, 2.45) is 0 Å². The topological polar surface area (TPSA) is 108 Å². The van der Waals surface area contributed by atoms with E-state index in [0.717, 1.165) is 5.56 Å². The summed E-state index contributed by atoms with van der Waals surface area (Å²) in [5.41, 5.74) is 3.22. The molecule has 0 saturated heterocycles. The Hall–Kier alpha value is -3.75. The van der Waals surface area contributed by atoms with Crippen molar-refractivity contribution in [1.29, 1.82) is 0 Å². The molecule has 2 heterocycles. The van der Waals surface area contributed by atoms with Crippen molar-refractivity contribution in [3.8, 4) is 5.69 Å². The van der Waals surface area contributed by atoms with Crippen LogP contribution in [-0.2, 0) is 11.3 Å². The summed E-state index contributed by atoms with van der Waals surface area (Å²) in [6.07, 6.45) is 1.47. The lowest BCUT2D eigenvalue weighted by atomic mass is 10.2. The molecule has 0 aliphatic carbocycles. The molecule has 4 rings (SSSR count). The van der Waals surface area contributed by atoms with Gasteiger partial charge in [0.15, 0.2) is 5.58 Å². The largest absolute Gasteiger partial charge is 0.420 e. The molecule has 0 spiro atoms. The summed E-state index contributed by atoms with van der Waals surface area (Å²) in [5.74, 6) is -0.906. The number of aryl methyl sites for hydroxylation is 1. The summed E-state index contributed by atoms with van der Waals surface area (Å²) in [7, 11) is 0. The molecule has 0 atom stereocenters. The lowest BCUT2D eigenvalue weighted by Gasteiger charge is -2.10. The second-order valence-corrected chi connectivity index (χ2v) is 5.72. The van der Waals surface area contributed by atoms with E-state index in [1.165, 1.54) is 15.6 Å². The van der Waals surface area contributed by atoms with Crippen LogP contribution in [0.25, 0.3) is 16.8 Å². The van der Waals surface area contributed by atoms with Crippen molar-refractivity contribution in [3.05, 3.63) is 64.9 Å². The summed E-state index contributed by atoms with van der Waals surface area (Å²) in [6, 6.07) is 12.4. The Kier molecular flexibility index (Phi) is 3.81. The van der Waals surface area contributed by atoms with E-state index >= 15 is 0 Å². The predicted molar refractivity (Wildman–Crippen MR) is 93.0 cm³/mol. The SMILES string of the molecule is Cc1ccc(-n2cnnn2)cc1NC(=O)Cn1c(=O)oc2ccccc21. The zero-order chi connectivity index (χ0) is 18.1. The van der Waals surface area contributed by atoms with Crippen LogP contribution in [0.4, 0.5) is 5.69 Å². The molecule has 4 aromatic rings. The van der Waals surface area contributed by atoms with Crippen LogP contribution in [-0.4, -0.2) is 30.7 Å². The van der Waals surface area contributed by atoms with Gasteiger partial charge in [0, 0.05) is 5.69 Å². The van der Waals surface area contributed by atoms with Gasteiger partial charge in [-0.25, -0.2) is 9.48 Å². The number of nitrogens with one attached hydrogen (secondary N) is 1. The van der Waals surface area contributed by atoms with Crippen molar-refractivity contribution in [3.63, 3.8) is 0 Å². The zero-order valence-electron chi connectivity index (χ0n) is 13.8. The average Bonchev–Trinajstić information content (AvgIpc) is 3.26. The van der Waals surface area contributed by atoms with Gasteiger partial charge in [0.2, 0.25) is 5.91 Å². The zero-order valence-corrected chi connectivity index (χ0v) is 13.8. The van der Waals surface area contributed by atoms with E-state index in [2.05, 4.69) is 20.8 Å². The fourth-order valence-corrected chi connectivity index (χ4v) is 2.66. The second-order valence-electron chi connectivity index (χ2n) is 5.72. The molecule has 0 aliphatic heterocycles. The van der Waals surface area contributed by atoms with Crippen LogP contribution in [0.15, 0.2) is 58.0 Å². The molecule has 0 unspecified atom stereocenters. The molecule has 0 saturated carbocycles. The highest BCUT2D eigenvalue weighted by Gasteiger charge is 2.13. The van der Waals surface area contributed by atoms with Crippen LogP contribution in [0.5, 0.6) is 0 Å². The first kappa shape index (κ1) is 15.8. The molecule has 9 heteroatoms. The molecule has 0 bridgehead atoms. The third kappa shape index (κ3) is 2.86. The molecule has 2 aromatic heterocycles. The van der Waals surface area contributed by atoms with Gasteiger partial charge in [0.1, 0.15) is 12.9 Å². The van der Waals surface area contributed by atoms with Crippen LogP contribution in [0.2, 0.25) is 0 Å². The van der Waals surface area contributed by atoms with E-state index in [1.54, 1.807) is 30.3 Å². The van der Waals surface area contributed by atoms with E-state index < -0.39 is 5.76 Å². The summed E-state index contributed by atoms with van der Waals surface area (Å²) >= 11 is 0. The minimum atomic E-state index is -0.569. The normalized spacial score (nSPS) is 11.0. The van der Waals surface area contributed by atoms with Crippen molar-refractivity contribution in [2.75, 3.05) is 5.32 Å². The Morgan fingerprint density at radius 3 is 2.88 bits per heavy atom. The van der Waals surface area contributed by atoms with E-state index in [1.807, 2.05) is 19.1 Å². The van der Waals surface area contributed by atoms with Gasteiger partial charge in [-0.1, -0.05) is 18.2 Å². The Balaban J connectivity index is 1.59. The van der Waals surface area contributed by atoms with Crippen molar-refractivity contribution < 1.29 is 9.21 Å². The molecule has 0 radical (unpaired) electrons. The number of amides is 1. The number of anilines is 1. The number of tetrazole rings is 1. The number of para-hydroxylation sites is 2. The first-order valence-corrected chi connectivity index (χ1v) is 7.84. The van der Waals surface area contributed by atoms with E-state index in [-0.39, 0.29) is 12.5 Å². The van der Waals surface area contributed by atoms with Crippen molar-refractivity contribution in [2.45, 2.75) is 13.5 Å². The highest BCUT2D eigenvalue weighted by molar-refractivity contribution is 5.92. The van der Waals surface area contributed by atoms with E-state index in [0.29, 0.717) is 22.5 Å². The number of fused-ring (bicyclic) bond motifs is 1. The van der Waals surface area contributed by atoms with Gasteiger partial charge in [-0.3, -0.25) is 9.36 Å². The lowest BCUT2D eigenvalue weighted by Crippen LogP contribution is -2.25. The number of aromatic nitrogens is 5. The quantitative estimate of drug-likeness (QED) is 0.598. The molecule has 1 N–H and O–H groups in total. The maximum Gasteiger partial charge on any atom is 0.420 e. The molecule has 1 amide bonds. The highest BCUT2D eigenvalue weighted by Crippen LogP contribution is 2.19. The Bertz CT molecular complexity index is 1140. The maximum atomic E-state index is 12.5. The third-order valence-electron chi connectivity index (χ3n) is 3.98. The van der Waals surface area contributed by atoms with E-state index in [4.69, 9.17) is 4.42 Å². The number of hydrogen-bond donors (Lipinski definition) is 1. The standard InChI is InChI=1S/C17H14N6O3/c1-11-6-7-12(23-10-18-20-21-23)8-13(11)19-16(24)9-22-14-4-2-3-5-15(14)26-17(22)25/h2-8,10H,9H2,1H3,(H,19,24). The Morgan fingerprint density at radius 2 is 2.08 bits per heavy atom. The number of hydrogen-bond acceptors (Lipinski definition) is 6. The summed E-state index contributed by atoms with van der Waals surface area (Å²) in [4.78, 5) is 24.5. The van der Waals surface area contributed by atoms with Crippen LogP contribution in [0.3, 0.4) is 0 Å². The van der Waals surface area contributed by atoms with Gasteiger partial charge in [-0.2, -0.15) is 0 Å². The highest BCUT2D eigenvalue weighted by atomic mass is 16.4. The Labute approximate surface area is 146 Å². The Morgan fingerprint density at radius 1 is 1.23 bits per heavy atom. The number of rotatable bonds is 4. The molecule has 2 aromatic carbocycles. The number of benzene rings is 2.